The van der Waals surface area contributed by atoms with Crippen LogP contribution in [-0.2, 0) is 12.0 Å². The number of hydrogen-bond acceptors (Lipinski definition) is 1. The molecule has 1 fully saturated rings. The Kier molecular flexibility index (Phi) is 2.63. The maximum Gasteiger partial charge on any atom is 0.128 e. The number of fused-ring (bicyclic) bond motifs is 1. The zero-order valence-electron chi connectivity index (χ0n) is 10.6. The van der Waals surface area contributed by atoms with Gasteiger partial charge in [-0.05, 0) is 38.3 Å². The maximum atomic E-state index is 13.6. The van der Waals surface area contributed by atoms with Crippen LogP contribution < -0.4 is 0 Å². The minimum Gasteiger partial charge on any atom is -0.322 e. The van der Waals surface area contributed by atoms with Crippen LogP contribution in [0, 0.1) is 12.7 Å². The van der Waals surface area contributed by atoms with Crippen molar-refractivity contribution in [3.8, 4) is 0 Å². The molecular formula is C14H16ClFN2. The van der Waals surface area contributed by atoms with E-state index in [4.69, 9.17) is 11.6 Å². The van der Waals surface area contributed by atoms with Gasteiger partial charge in [0, 0.05) is 23.9 Å². The SMILES string of the molecule is Cc1cc2c(cc1F)nc(CCCl)n2C1(C)CC1. The number of alkyl halides is 1. The summed E-state index contributed by atoms with van der Waals surface area (Å²) in [6.45, 7) is 4.02. The third kappa shape index (κ3) is 1.72. The second-order valence-electron chi connectivity index (χ2n) is 5.39. The van der Waals surface area contributed by atoms with E-state index in [1.165, 1.54) is 6.07 Å². The van der Waals surface area contributed by atoms with Crippen LogP contribution in [0.1, 0.15) is 31.2 Å². The van der Waals surface area contributed by atoms with E-state index in [2.05, 4.69) is 16.5 Å². The number of benzene rings is 1. The molecular weight excluding hydrogens is 251 g/mol. The van der Waals surface area contributed by atoms with Gasteiger partial charge in [0.1, 0.15) is 11.6 Å². The van der Waals surface area contributed by atoms with Gasteiger partial charge in [0.15, 0.2) is 0 Å². The Labute approximate surface area is 111 Å². The first kappa shape index (κ1) is 12.0. The summed E-state index contributed by atoms with van der Waals surface area (Å²) >= 11 is 5.84. The van der Waals surface area contributed by atoms with E-state index in [-0.39, 0.29) is 11.4 Å². The van der Waals surface area contributed by atoms with Crippen molar-refractivity contribution in [2.24, 2.45) is 0 Å². The molecule has 0 atom stereocenters. The lowest BCUT2D eigenvalue weighted by Gasteiger charge is -2.16. The topological polar surface area (TPSA) is 17.8 Å². The molecule has 1 aromatic carbocycles. The third-order valence-electron chi connectivity index (χ3n) is 3.84. The quantitative estimate of drug-likeness (QED) is 0.773. The molecule has 18 heavy (non-hydrogen) atoms. The van der Waals surface area contributed by atoms with Crippen molar-refractivity contribution in [1.82, 2.24) is 9.55 Å². The number of aromatic nitrogens is 2. The molecule has 0 unspecified atom stereocenters. The summed E-state index contributed by atoms with van der Waals surface area (Å²) in [6, 6.07) is 3.43. The van der Waals surface area contributed by atoms with E-state index in [9.17, 15) is 4.39 Å². The van der Waals surface area contributed by atoms with Gasteiger partial charge in [0.25, 0.3) is 0 Å². The van der Waals surface area contributed by atoms with E-state index < -0.39 is 0 Å². The predicted octanol–water partition coefficient (Wildman–Crippen LogP) is 3.77. The molecule has 3 rings (SSSR count). The lowest BCUT2D eigenvalue weighted by atomic mass is 10.2. The molecule has 0 bridgehead atoms. The average Bonchev–Trinajstić information content (AvgIpc) is 2.94. The number of imidazole rings is 1. The van der Waals surface area contributed by atoms with Crippen molar-refractivity contribution < 1.29 is 4.39 Å². The Morgan fingerprint density at radius 3 is 2.78 bits per heavy atom. The Bertz CT molecular complexity index is 614. The van der Waals surface area contributed by atoms with Crippen molar-refractivity contribution in [2.45, 2.75) is 38.6 Å². The smallest absolute Gasteiger partial charge is 0.128 e. The zero-order chi connectivity index (χ0) is 12.9. The van der Waals surface area contributed by atoms with Crippen molar-refractivity contribution in [2.75, 3.05) is 5.88 Å². The molecule has 0 spiro atoms. The molecule has 1 aromatic heterocycles. The van der Waals surface area contributed by atoms with Crippen molar-refractivity contribution in [3.63, 3.8) is 0 Å². The molecule has 96 valence electrons. The van der Waals surface area contributed by atoms with Crippen LogP contribution in [0.2, 0.25) is 0 Å². The fourth-order valence-electron chi connectivity index (χ4n) is 2.51. The molecule has 1 aliphatic rings. The van der Waals surface area contributed by atoms with Crippen molar-refractivity contribution in [1.29, 1.82) is 0 Å². The van der Waals surface area contributed by atoms with Crippen LogP contribution in [0.4, 0.5) is 4.39 Å². The maximum absolute atomic E-state index is 13.6. The Morgan fingerprint density at radius 1 is 1.44 bits per heavy atom. The van der Waals surface area contributed by atoms with Gasteiger partial charge in [0.2, 0.25) is 0 Å². The summed E-state index contributed by atoms with van der Waals surface area (Å²) in [4.78, 5) is 4.55. The highest BCUT2D eigenvalue weighted by atomic mass is 35.5. The van der Waals surface area contributed by atoms with Gasteiger partial charge >= 0.3 is 0 Å². The molecule has 2 nitrogen and oxygen atoms in total. The molecule has 0 radical (unpaired) electrons. The van der Waals surface area contributed by atoms with E-state index in [0.29, 0.717) is 11.4 Å². The van der Waals surface area contributed by atoms with Gasteiger partial charge in [-0.2, -0.15) is 0 Å². The summed E-state index contributed by atoms with van der Waals surface area (Å²) < 4.78 is 15.9. The Hall–Kier alpha value is -1.09. The van der Waals surface area contributed by atoms with Crippen LogP contribution in [-0.4, -0.2) is 15.4 Å². The number of nitrogens with zero attached hydrogens (tertiary/aromatic N) is 2. The molecule has 0 amide bonds. The van der Waals surface area contributed by atoms with Crippen LogP contribution in [0.25, 0.3) is 11.0 Å². The lowest BCUT2D eigenvalue weighted by molar-refractivity contribution is 0.525. The summed E-state index contributed by atoms with van der Waals surface area (Å²) in [6.07, 6.45) is 3.04. The highest BCUT2D eigenvalue weighted by Gasteiger charge is 2.41. The monoisotopic (exact) mass is 266 g/mol. The average molecular weight is 267 g/mol. The van der Waals surface area contributed by atoms with Crippen molar-refractivity contribution >= 4 is 22.6 Å². The molecule has 2 aromatic rings. The van der Waals surface area contributed by atoms with Gasteiger partial charge < -0.3 is 4.57 Å². The van der Waals surface area contributed by atoms with Gasteiger partial charge in [0.05, 0.1) is 11.0 Å². The Morgan fingerprint density at radius 2 is 2.17 bits per heavy atom. The van der Waals surface area contributed by atoms with Crippen LogP contribution >= 0.6 is 11.6 Å². The first-order valence-electron chi connectivity index (χ1n) is 6.29. The molecule has 0 aliphatic heterocycles. The van der Waals surface area contributed by atoms with E-state index in [1.54, 1.807) is 6.92 Å². The van der Waals surface area contributed by atoms with Gasteiger partial charge in [-0.1, -0.05) is 0 Å². The minimum atomic E-state index is -0.189. The standard InChI is InChI=1S/C14H16ClFN2/c1-9-7-12-11(8-10(9)16)17-13(3-6-15)18(12)14(2)4-5-14/h7-8H,3-6H2,1-2H3. The lowest BCUT2D eigenvalue weighted by Crippen LogP contribution is -2.16. The number of hydrogen-bond donors (Lipinski definition) is 0. The number of aryl methyl sites for hydroxylation is 2. The first-order chi connectivity index (χ1) is 8.55. The summed E-state index contributed by atoms with van der Waals surface area (Å²) in [5.74, 6) is 1.33. The zero-order valence-corrected chi connectivity index (χ0v) is 11.4. The van der Waals surface area contributed by atoms with Gasteiger partial charge in [-0.15, -0.1) is 11.6 Å². The van der Waals surface area contributed by atoms with Gasteiger partial charge in [-0.25, -0.2) is 9.37 Å². The number of rotatable bonds is 3. The van der Waals surface area contributed by atoms with Crippen LogP contribution in [0.5, 0.6) is 0 Å². The van der Waals surface area contributed by atoms with Crippen LogP contribution in [0.15, 0.2) is 12.1 Å². The third-order valence-corrected chi connectivity index (χ3v) is 4.02. The van der Waals surface area contributed by atoms with Crippen molar-refractivity contribution in [3.05, 3.63) is 29.3 Å². The summed E-state index contributed by atoms with van der Waals surface area (Å²) in [5.41, 5.74) is 2.60. The molecule has 4 heteroatoms. The fourth-order valence-corrected chi connectivity index (χ4v) is 2.68. The highest BCUT2D eigenvalue weighted by molar-refractivity contribution is 6.17. The second kappa shape index (κ2) is 3.95. The fraction of sp³-hybridized carbons (Fsp3) is 0.500. The molecule has 0 saturated heterocycles. The second-order valence-corrected chi connectivity index (χ2v) is 5.77. The molecule has 1 aliphatic carbocycles. The molecule has 0 N–H and O–H groups in total. The normalized spacial score (nSPS) is 17.3. The van der Waals surface area contributed by atoms with E-state index in [0.717, 1.165) is 36.1 Å². The highest BCUT2D eigenvalue weighted by Crippen LogP contribution is 2.45. The first-order valence-corrected chi connectivity index (χ1v) is 6.82. The van der Waals surface area contributed by atoms with E-state index >= 15 is 0 Å². The minimum absolute atomic E-state index is 0.153. The van der Waals surface area contributed by atoms with Gasteiger partial charge in [-0.3, -0.25) is 0 Å². The van der Waals surface area contributed by atoms with E-state index in [1.807, 2.05) is 6.07 Å². The molecule has 1 heterocycles. The molecule has 1 saturated carbocycles. The number of halogens is 2. The summed E-state index contributed by atoms with van der Waals surface area (Å²) in [5, 5.41) is 0. The Balaban J connectivity index is 2.27. The van der Waals surface area contributed by atoms with Crippen LogP contribution in [0.3, 0.4) is 0 Å². The predicted molar refractivity (Wildman–Crippen MR) is 71.7 cm³/mol. The summed E-state index contributed by atoms with van der Waals surface area (Å²) in [7, 11) is 0. The largest absolute Gasteiger partial charge is 0.322 e.